The standard InChI is InChI=1S/C27H38N4O4/c1-6-35-27(34)25-18(2)23(19(3)29-25)13-14-24(32)31-15-7-8-21(17-31)26(33)28-16-20-9-11-22(12-10-20)30(4)5/h9-12,21,29H,6-8,13-17H2,1-5H3,(H,28,33)/t21-/m0/s1. The van der Waals surface area contributed by atoms with Crippen LogP contribution in [0.3, 0.4) is 0 Å². The van der Waals surface area contributed by atoms with E-state index in [1.807, 2.05) is 62.0 Å². The van der Waals surface area contributed by atoms with Gasteiger partial charge in [-0.1, -0.05) is 12.1 Å². The molecule has 0 unspecified atom stereocenters. The highest BCUT2D eigenvalue weighted by Crippen LogP contribution is 2.22. The lowest BCUT2D eigenvalue weighted by Crippen LogP contribution is -2.45. The van der Waals surface area contributed by atoms with Crippen LogP contribution in [-0.4, -0.2) is 61.5 Å². The lowest BCUT2D eigenvalue weighted by Gasteiger charge is -2.32. The topological polar surface area (TPSA) is 94.7 Å². The van der Waals surface area contributed by atoms with E-state index in [9.17, 15) is 14.4 Å². The van der Waals surface area contributed by atoms with E-state index in [1.165, 1.54) is 0 Å². The Bertz CT molecular complexity index is 1040. The number of carbonyl (C=O) groups is 3. The maximum Gasteiger partial charge on any atom is 0.355 e. The first kappa shape index (κ1) is 26.3. The highest BCUT2D eigenvalue weighted by Gasteiger charge is 2.28. The summed E-state index contributed by atoms with van der Waals surface area (Å²) < 4.78 is 5.11. The van der Waals surface area contributed by atoms with Gasteiger partial charge in [0.05, 0.1) is 12.5 Å². The third-order valence-corrected chi connectivity index (χ3v) is 6.73. The van der Waals surface area contributed by atoms with E-state index in [0.29, 0.717) is 44.8 Å². The van der Waals surface area contributed by atoms with E-state index in [4.69, 9.17) is 4.74 Å². The normalized spacial score (nSPS) is 15.6. The van der Waals surface area contributed by atoms with Crippen molar-refractivity contribution in [2.24, 2.45) is 5.92 Å². The zero-order valence-electron chi connectivity index (χ0n) is 21.6. The number of aromatic nitrogens is 1. The Balaban J connectivity index is 1.52. The van der Waals surface area contributed by atoms with Gasteiger partial charge in [-0.05, 0) is 68.9 Å². The number of benzene rings is 1. The second kappa shape index (κ2) is 11.9. The second-order valence-electron chi connectivity index (χ2n) is 9.41. The molecule has 1 atom stereocenters. The van der Waals surface area contributed by atoms with Crippen LogP contribution in [0.4, 0.5) is 5.69 Å². The molecule has 0 bridgehead atoms. The Hall–Kier alpha value is -3.29. The van der Waals surface area contributed by atoms with E-state index < -0.39 is 0 Å². The van der Waals surface area contributed by atoms with Gasteiger partial charge in [0, 0.05) is 51.5 Å². The van der Waals surface area contributed by atoms with Crippen molar-refractivity contribution >= 4 is 23.5 Å². The molecule has 190 valence electrons. The number of rotatable bonds is 9. The Labute approximate surface area is 208 Å². The molecule has 2 heterocycles. The molecule has 8 heteroatoms. The van der Waals surface area contributed by atoms with Crippen LogP contribution in [0, 0.1) is 19.8 Å². The van der Waals surface area contributed by atoms with Crippen molar-refractivity contribution in [3.63, 3.8) is 0 Å². The zero-order valence-corrected chi connectivity index (χ0v) is 21.6. The van der Waals surface area contributed by atoms with Crippen molar-refractivity contribution in [3.05, 3.63) is 52.3 Å². The number of esters is 1. The molecule has 0 spiro atoms. The second-order valence-corrected chi connectivity index (χ2v) is 9.41. The number of amides is 2. The summed E-state index contributed by atoms with van der Waals surface area (Å²) in [5.74, 6) is -0.529. The number of nitrogens with one attached hydrogen (secondary N) is 2. The molecule has 0 radical (unpaired) electrons. The number of carbonyl (C=O) groups excluding carboxylic acids is 3. The number of nitrogens with zero attached hydrogens (tertiary/aromatic N) is 2. The van der Waals surface area contributed by atoms with Crippen molar-refractivity contribution in [3.8, 4) is 0 Å². The van der Waals surface area contributed by atoms with Crippen molar-refractivity contribution in [1.82, 2.24) is 15.2 Å². The fraction of sp³-hybridized carbons (Fsp3) is 0.519. The maximum absolute atomic E-state index is 13.0. The van der Waals surface area contributed by atoms with Gasteiger partial charge >= 0.3 is 5.97 Å². The van der Waals surface area contributed by atoms with E-state index in [2.05, 4.69) is 10.3 Å². The molecule has 1 aliphatic heterocycles. The van der Waals surface area contributed by atoms with Crippen LogP contribution < -0.4 is 10.2 Å². The molecule has 1 aliphatic rings. The van der Waals surface area contributed by atoms with Gasteiger partial charge in [-0.2, -0.15) is 0 Å². The first-order chi connectivity index (χ1) is 16.7. The van der Waals surface area contributed by atoms with Crippen LogP contribution in [0.5, 0.6) is 0 Å². The summed E-state index contributed by atoms with van der Waals surface area (Å²) in [5.41, 5.74) is 5.32. The molecule has 2 amide bonds. The fourth-order valence-corrected chi connectivity index (χ4v) is 4.62. The SMILES string of the molecule is CCOC(=O)c1[nH]c(C)c(CCC(=O)N2CCC[C@H](C(=O)NCc3ccc(N(C)C)cc3)C2)c1C. The molecule has 35 heavy (non-hydrogen) atoms. The minimum absolute atomic E-state index is 0.00409. The summed E-state index contributed by atoms with van der Waals surface area (Å²) in [4.78, 5) is 44.8. The molecule has 1 aromatic carbocycles. The first-order valence-electron chi connectivity index (χ1n) is 12.4. The summed E-state index contributed by atoms with van der Waals surface area (Å²) in [6.45, 7) is 7.48. The lowest BCUT2D eigenvalue weighted by molar-refractivity contribution is -0.135. The number of hydrogen-bond donors (Lipinski definition) is 2. The van der Waals surface area contributed by atoms with E-state index >= 15 is 0 Å². The lowest BCUT2D eigenvalue weighted by atomic mass is 9.96. The summed E-state index contributed by atoms with van der Waals surface area (Å²) in [6, 6.07) is 8.10. The number of aryl methyl sites for hydroxylation is 1. The minimum Gasteiger partial charge on any atom is -0.461 e. The molecule has 1 saturated heterocycles. The van der Waals surface area contributed by atoms with Gasteiger partial charge in [-0.25, -0.2) is 4.79 Å². The molecule has 2 N–H and O–H groups in total. The first-order valence-corrected chi connectivity index (χ1v) is 12.4. The summed E-state index contributed by atoms with van der Waals surface area (Å²) in [6.07, 6.45) is 2.49. The molecule has 0 saturated carbocycles. The van der Waals surface area contributed by atoms with Gasteiger partial charge in [-0.15, -0.1) is 0 Å². The molecular formula is C27H38N4O4. The van der Waals surface area contributed by atoms with Crippen LogP contribution in [0.1, 0.15) is 59.1 Å². The van der Waals surface area contributed by atoms with E-state index in [1.54, 1.807) is 6.92 Å². The van der Waals surface area contributed by atoms with Gasteiger partial charge < -0.3 is 24.8 Å². The monoisotopic (exact) mass is 482 g/mol. The molecule has 1 fully saturated rings. The molecule has 1 aromatic heterocycles. The van der Waals surface area contributed by atoms with Gasteiger partial charge in [0.25, 0.3) is 0 Å². The van der Waals surface area contributed by atoms with Gasteiger partial charge in [0.2, 0.25) is 11.8 Å². The Morgan fingerprint density at radius 2 is 1.89 bits per heavy atom. The fourth-order valence-electron chi connectivity index (χ4n) is 4.62. The summed E-state index contributed by atoms with van der Waals surface area (Å²) >= 11 is 0. The third-order valence-electron chi connectivity index (χ3n) is 6.73. The molecule has 8 nitrogen and oxygen atoms in total. The molecule has 2 aromatic rings. The molecular weight excluding hydrogens is 444 g/mol. The predicted molar refractivity (Wildman–Crippen MR) is 136 cm³/mol. The number of ether oxygens (including phenoxy) is 1. The highest BCUT2D eigenvalue weighted by molar-refractivity contribution is 5.90. The largest absolute Gasteiger partial charge is 0.461 e. The number of anilines is 1. The number of likely N-dealkylation sites (tertiary alicyclic amines) is 1. The number of aromatic amines is 1. The Morgan fingerprint density at radius 1 is 1.17 bits per heavy atom. The van der Waals surface area contributed by atoms with Crippen LogP contribution in [-0.2, 0) is 27.3 Å². The number of hydrogen-bond acceptors (Lipinski definition) is 5. The van der Waals surface area contributed by atoms with Crippen molar-refractivity contribution < 1.29 is 19.1 Å². The number of piperidine rings is 1. The summed E-state index contributed by atoms with van der Waals surface area (Å²) in [7, 11) is 3.99. The van der Waals surface area contributed by atoms with Crippen LogP contribution in [0.2, 0.25) is 0 Å². The summed E-state index contributed by atoms with van der Waals surface area (Å²) in [5, 5.41) is 3.03. The van der Waals surface area contributed by atoms with Crippen molar-refractivity contribution in [1.29, 1.82) is 0 Å². The Morgan fingerprint density at radius 3 is 2.54 bits per heavy atom. The number of H-pyrrole nitrogens is 1. The van der Waals surface area contributed by atoms with Gasteiger partial charge in [-0.3, -0.25) is 9.59 Å². The van der Waals surface area contributed by atoms with Crippen LogP contribution >= 0.6 is 0 Å². The average Bonchev–Trinajstić information content (AvgIpc) is 3.14. The Kier molecular flexibility index (Phi) is 8.95. The van der Waals surface area contributed by atoms with Crippen LogP contribution in [0.15, 0.2) is 24.3 Å². The predicted octanol–water partition coefficient (Wildman–Crippen LogP) is 3.36. The van der Waals surface area contributed by atoms with Crippen molar-refractivity contribution in [2.45, 2.75) is 53.0 Å². The van der Waals surface area contributed by atoms with Gasteiger partial charge in [0.15, 0.2) is 0 Å². The molecule has 3 rings (SSSR count). The van der Waals surface area contributed by atoms with Gasteiger partial charge in [0.1, 0.15) is 5.69 Å². The molecule has 0 aliphatic carbocycles. The van der Waals surface area contributed by atoms with E-state index in [0.717, 1.165) is 40.9 Å². The zero-order chi connectivity index (χ0) is 25.5. The quantitative estimate of drug-likeness (QED) is 0.535. The van der Waals surface area contributed by atoms with Crippen molar-refractivity contribution in [2.75, 3.05) is 38.7 Å². The third kappa shape index (κ3) is 6.65. The van der Waals surface area contributed by atoms with Crippen LogP contribution in [0.25, 0.3) is 0 Å². The smallest absolute Gasteiger partial charge is 0.355 e. The maximum atomic E-state index is 13.0. The average molecular weight is 483 g/mol. The highest BCUT2D eigenvalue weighted by atomic mass is 16.5. The minimum atomic E-state index is -0.371. The van der Waals surface area contributed by atoms with E-state index in [-0.39, 0.29) is 23.7 Å².